The largest absolute Gasteiger partial charge is 0.452 e. The van der Waals surface area contributed by atoms with Gasteiger partial charge in [0.05, 0.1) is 0 Å². The van der Waals surface area contributed by atoms with Crippen LogP contribution in [-0.2, 0) is 14.3 Å². The number of esters is 1. The number of benzene rings is 3. The van der Waals surface area contributed by atoms with Crippen molar-refractivity contribution >= 4 is 17.6 Å². The number of hydrogen-bond donors (Lipinski definition) is 0. The van der Waals surface area contributed by atoms with Crippen molar-refractivity contribution in [3.63, 3.8) is 0 Å². The zero-order chi connectivity index (χ0) is 19.9. The van der Waals surface area contributed by atoms with Crippen LogP contribution in [0.4, 0.5) is 5.69 Å². The SMILES string of the molecule is C[C@@H](OC(=O)C(c1ccccc1)c1ccccc1)C(=O)N(C)c1ccccc1. The highest BCUT2D eigenvalue weighted by molar-refractivity contribution is 5.97. The molecule has 3 rings (SSSR count). The molecule has 0 fully saturated rings. The standard InChI is InChI=1S/C24H23NO3/c1-18(23(26)25(2)21-16-10-5-11-17-21)28-24(27)22(19-12-6-3-7-13-19)20-14-8-4-9-15-20/h3-18,22H,1-2H3/t18-/m1/s1. The maximum absolute atomic E-state index is 13.0. The van der Waals surface area contributed by atoms with Crippen molar-refractivity contribution in [3.8, 4) is 0 Å². The van der Waals surface area contributed by atoms with Crippen LogP contribution in [0, 0.1) is 0 Å². The molecule has 1 atom stereocenters. The normalized spacial score (nSPS) is 11.7. The van der Waals surface area contributed by atoms with Crippen LogP contribution in [0.5, 0.6) is 0 Å². The van der Waals surface area contributed by atoms with Crippen molar-refractivity contribution in [1.29, 1.82) is 0 Å². The molecule has 0 unspecified atom stereocenters. The second-order valence-electron chi connectivity index (χ2n) is 6.57. The summed E-state index contributed by atoms with van der Waals surface area (Å²) in [7, 11) is 1.67. The minimum absolute atomic E-state index is 0.278. The van der Waals surface area contributed by atoms with E-state index in [2.05, 4.69) is 0 Å². The average Bonchev–Trinajstić information content (AvgIpc) is 2.75. The van der Waals surface area contributed by atoms with Gasteiger partial charge in [-0.05, 0) is 30.2 Å². The lowest BCUT2D eigenvalue weighted by Crippen LogP contribution is -2.38. The number of rotatable bonds is 6. The van der Waals surface area contributed by atoms with Crippen LogP contribution in [0.15, 0.2) is 91.0 Å². The summed E-state index contributed by atoms with van der Waals surface area (Å²) in [5.74, 6) is -1.31. The van der Waals surface area contributed by atoms with E-state index in [-0.39, 0.29) is 5.91 Å². The van der Waals surface area contributed by atoms with E-state index in [4.69, 9.17) is 4.74 Å². The number of nitrogens with zero attached hydrogens (tertiary/aromatic N) is 1. The highest BCUT2D eigenvalue weighted by atomic mass is 16.5. The van der Waals surface area contributed by atoms with Crippen LogP contribution in [-0.4, -0.2) is 25.0 Å². The Balaban J connectivity index is 1.79. The van der Waals surface area contributed by atoms with E-state index in [0.717, 1.165) is 16.8 Å². The Kier molecular flexibility index (Phi) is 6.22. The van der Waals surface area contributed by atoms with Gasteiger partial charge < -0.3 is 9.64 Å². The maximum Gasteiger partial charge on any atom is 0.318 e. The summed E-state index contributed by atoms with van der Waals surface area (Å²) in [6.45, 7) is 1.60. The lowest BCUT2D eigenvalue weighted by molar-refractivity contribution is -0.154. The number of carbonyl (C=O) groups is 2. The van der Waals surface area contributed by atoms with Gasteiger partial charge in [0.25, 0.3) is 5.91 Å². The molecule has 3 aromatic rings. The molecule has 0 bridgehead atoms. The molecule has 0 N–H and O–H groups in total. The van der Waals surface area contributed by atoms with Gasteiger partial charge in [-0.25, -0.2) is 0 Å². The van der Waals surface area contributed by atoms with E-state index in [0.29, 0.717) is 0 Å². The molecular formula is C24H23NO3. The van der Waals surface area contributed by atoms with Gasteiger partial charge in [-0.2, -0.15) is 0 Å². The molecule has 0 spiro atoms. The molecule has 4 heteroatoms. The summed E-state index contributed by atoms with van der Waals surface area (Å²) >= 11 is 0. The first-order valence-electron chi connectivity index (χ1n) is 9.21. The van der Waals surface area contributed by atoms with Crippen LogP contribution in [0.1, 0.15) is 24.0 Å². The maximum atomic E-state index is 13.0. The summed E-state index contributed by atoms with van der Waals surface area (Å²) in [6.07, 6.45) is -0.896. The zero-order valence-corrected chi connectivity index (χ0v) is 16.0. The number of likely N-dealkylation sites (N-methyl/N-ethyl adjacent to an activating group) is 1. The van der Waals surface area contributed by atoms with E-state index in [1.807, 2.05) is 91.0 Å². The van der Waals surface area contributed by atoms with Crippen LogP contribution >= 0.6 is 0 Å². The van der Waals surface area contributed by atoms with Gasteiger partial charge in [-0.1, -0.05) is 78.9 Å². The topological polar surface area (TPSA) is 46.6 Å². The summed E-state index contributed by atoms with van der Waals surface area (Å²) in [6, 6.07) is 28.2. The molecule has 28 heavy (non-hydrogen) atoms. The van der Waals surface area contributed by atoms with Gasteiger partial charge >= 0.3 is 5.97 Å². The summed E-state index contributed by atoms with van der Waals surface area (Å²) < 4.78 is 5.60. The number of carbonyl (C=O) groups excluding carboxylic acids is 2. The van der Waals surface area contributed by atoms with Gasteiger partial charge in [0, 0.05) is 12.7 Å². The van der Waals surface area contributed by atoms with Crippen molar-refractivity contribution < 1.29 is 14.3 Å². The quantitative estimate of drug-likeness (QED) is 0.601. The molecule has 3 aromatic carbocycles. The fraction of sp³-hybridized carbons (Fsp3) is 0.167. The Labute approximate surface area is 165 Å². The Morgan fingerprint density at radius 2 is 1.18 bits per heavy atom. The van der Waals surface area contributed by atoms with Crippen molar-refractivity contribution in [2.24, 2.45) is 0 Å². The molecule has 0 saturated carbocycles. The van der Waals surface area contributed by atoms with E-state index < -0.39 is 18.0 Å². The third-order valence-electron chi connectivity index (χ3n) is 4.62. The molecule has 0 aromatic heterocycles. The lowest BCUT2D eigenvalue weighted by Gasteiger charge is -2.24. The number of ether oxygens (including phenoxy) is 1. The first kappa shape index (κ1) is 19.4. The smallest absolute Gasteiger partial charge is 0.318 e. The molecule has 0 saturated heterocycles. The third kappa shape index (κ3) is 4.46. The molecule has 0 aliphatic heterocycles. The zero-order valence-electron chi connectivity index (χ0n) is 16.0. The average molecular weight is 373 g/mol. The first-order chi connectivity index (χ1) is 13.6. The van der Waals surface area contributed by atoms with Crippen LogP contribution in [0.25, 0.3) is 0 Å². The monoisotopic (exact) mass is 373 g/mol. The fourth-order valence-corrected chi connectivity index (χ4v) is 3.10. The minimum atomic E-state index is -0.896. The highest BCUT2D eigenvalue weighted by Crippen LogP contribution is 2.26. The Morgan fingerprint density at radius 3 is 1.64 bits per heavy atom. The van der Waals surface area contributed by atoms with Gasteiger partial charge in [-0.15, -0.1) is 0 Å². The summed E-state index contributed by atoms with van der Waals surface area (Å²) in [5.41, 5.74) is 2.41. The Hall–Kier alpha value is -3.40. The predicted octanol–water partition coefficient (Wildman–Crippen LogP) is 4.41. The molecular weight excluding hydrogens is 350 g/mol. The molecule has 4 nitrogen and oxygen atoms in total. The second-order valence-corrected chi connectivity index (χ2v) is 6.57. The summed E-state index contributed by atoms with van der Waals surface area (Å²) in [4.78, 5) is 27.2. The Morgan fingerprint density at radius 1 is 0.750 bits per heavy atom. The fourth-order valence-electron chi connectivity index (χ4n) is 3.10. The van der Waals surface area contributed by atoms with Crippen molar-refractivity contribution in [2.45, 2.75) is 18.9 Å². The van der Waals surface area contributed by atoms with Gasteiger partial charge in [0.15, 0.2) is 6.10 Å². The molecule has 0 aliphatic rings. The van der Waals surface area contributed by atoms with Crippen LogP contribution in [0.2, 0.25) is 0 Å². The Bertz CT molecular complexity index is 871. The molecule has 142 valence electrons. The van der Waals surface area contributed by atoms with Gasteiger partial charge in [0.1, 0.15) is 5.92 Å². The van der Waals surface area contributed by atoms with Crippen LogP contribution < -0.4 is 4.90 Å². The van der Waals surface area contributed by atoms with Gasteiger partial charge in [0.2, 0.25) is 0 Å². The highest BCUT2D eigenvalue weighted by Gasteiger charge is 2.29. The summed E-state index contributed by atoms with van der Waals surface area (Å²) in [5, 5.41) is 0. The number of para-hydroxylation sites is 1. The number of anilines is 1. The lowest BCUT2D eigenvalue weighted by atomic mass is 9.91. The molecule has 0 radical (unpaired) electrons. The van der Waals surface area contributed by atoms with E-state index in [9.17, 15) is 9.59 Å². The van der Waals surface area contributed by atoms with Crippen LogP contribution in [0.3, 0.4) is 0 Å². The second kappa shape index (κ2) is 9.00. The van der Waals surface area contributed by atoms with Gasteiger partial charge in [-0.3, -0.25) is 9.59 Å². The number of amides is 1. The van der Waals surface area contributed by atoms with Crippen molar-refractivity contribution in [1.82, 2.24) is 0 Å². The molecule has 0 aliphatic carbocycles. The first-order valence-corrected chi connectivity index (χ1v) is 9.21. The number of hydrogen-bond acceptors (Lipinski definition) is 3. The molecule has 0 heterocycles. The molecule has 1 amide bonds. The predicted molar refractivity (Wildman–Crippen MR) is 110 cm³/mol. The van der Waals surface area contributed by atoms with Crippen molar-refractivity contribution in [3.05, 3.63) is 102 Å². The van der Waals surface area contributed by atoms with E-state index in [1.54, 1.807) is 14.0 Å². The third-order valence-corrected chi connectivity index (χ3v) is 4.62. The van der Waals surface area contributed by atoms with E-state index >= 15 is 0 Å². The minimum Gasteiger partial charge on any atom is -0.452 e. The van der Waals surface area contributed by atoms with E-state index in [1.165, 1.54) is 4.90 Å². The van der Waals surface area contributed by atoms with Crippen molar-refractivity contribution in [2.75, 3.05) is 11.9 Å².